The van der Waals surface area contributed by atoms with E-state index in [4.69, 9.17) is 16.3 Å². The van der Waals surface area contributed by atoms with Gasteiger partial charge in [-0.25, -0.2) is 4.98 Å². The van der Waals surface area contributed by atoms with Crippen molar-refractivity contribution in [1.29, 1.82) is 0 Å². The summed E-state index contributed by atoms with van der Waals surface area (Å²) in [6.07, 6.45) is 1.37. The molecule has 0 aliphatic carbocycles. The van der Waals surface area contributed by atoms with E-state index in [-0.39, 0.29) is 18.0 Å². The first-order valence-electron chi connectivity index (χ1n) is 8.55. The minimum atomic E-state index is -0.302. The maximum atomic E-state index is 12.5. The monoisotopic (exact) mass is 385 g/mol. The summed E-state index contributed by atoms with van der Waals surface area (Å²) in [7, 11) is 0. The molecule has 0 aliphatic rings. The van der Waals surface area contributed by atoms with Crippen LogP contribution >= 0.6 is 11.6 Å². The molecule has 0 radical (unpaired) electrons. The van der Waals surface area contributed by atoms with Crippen molar-refractivity contribution in [3.63, 3.8) is 0 Å². The van der Waals surface area contributed by atoms with Gasteiger partial charge in [-0.3, -0.25) is 14.2 Å². The molecule has 27 heavy (non-hydrogen) atoms. The third-order valence-corrected chi connectivity index (χ3v) is 4.35. The molecule has 3 aromatic rings. The molecule has 7 heteroatoms. The van der Waals surface area contributed by atoms with Crippen molar-refractivity contribution in [2.75, 3.05) is 13.2 Å². The Morgan fingerprint density at radius 1 is 1.22 bits per heavy atom. The number of amides is 1. The molecule has 1 aromatic heterocycles. The molecule has 140 valence electrons. The molecule has 0 spiro atoms. The summed E-state index contributed by atoms with van der Waals surface area (Å²) >= 11 is 5.93. The Morgan fingerprint density at radius 2 is 2.04 bits per heavy atom. The summed E-state index contributed by atoms with van der Waals surface area (Å²) < 4.78 is 6.94. The van der Waals surface area contributed by atoms with Gasteiger partial charge in [0.25, 0.3) is 5.56 Å². The van der Waals surface area contributed by atoms with Crippen molar-refractivity contribution in [2.45, 2.75) is 20.4 Å². The fourth-order valence-corrected chi connectivity index (χ4v) is 2.94. The van der Waals surface area contributed by atoms with Crippen LogP contribution in [0.25, 0.3) is 10.9 Å². The minimum Gasteiger partial charge on any atom is -0.491 e. The van der Waals surface area contributed by atoms with Gasteiger partial charge in [0.2, 0.25) is 5.91 Å². The molecule has 0 unspecified atom stereocenters. The Balaban J connectivity index is 1.56. The molecular formula is C20H20ClN3O3. The molecule has 1 amide bonds. The number of hydrogen-bond donors (Lipinski definition) is 1. The van der Waals surface area contributed by atoms with Crippen molar-refractivity contribution in [1.82, 2.24) is 14.9 Å². The molecule has 0 saturated heterocycles. The molecule has 0 aliphatic heterocycles. The van der Waals surface area contributed by atoms with Gasteiger partial charge in [0.1, 0.15) is 18.9 Å². The quantitative estimate of drug-likeness (QED) is 0.662. The molecule has 2 aromatic carbocycles. The average Bonchev–Trinajstić information content (AvgIpc) is 2.63. The number of aryl methyl sites for hydroxylation is 2. The number of halogens is 1. The minimum absolute atomic E-state index is 0.113. The Morgan fingerprint density at radius 3 is 2.81 bits per heavy atom. The second-order valence-corrected chi connectivity index (χ2v) is 6.74. The number of benzene rings is 2. The highest BCUT2D eigenvalue weighted by molar-refractivity contribution is 6.31. The van der Waals surface area contributed by atoms with E-state index in [9.17, 15) is 9.59 Å². The first-order chi connectivity index (χ1) is 12.9. The highest BCUT2D eigenvalue weighted by Crippen LogP contribution is 2.18. The highest BCUT2D eigenvalue weighted by atomic mass is 35.5. The van der Waals surface area contributed by atoms with Crippen LogP contribution in [0.2, 0.25) is 5.02 Å². The van der Waals surface area contributed by atoms with Crippen LogP contribution < -0.4 is 15.6 Å². The summed E-state index contributed by atoms with van der Waals surface area (Å²) in [5.74, 6) is 0.506. The maximum absolute atomic E-state index is 12.5. The second-order valence-electron chi connectivity index (χ2n) is 6.31. The molecule has 3 rings (SSSR count). The fraction of sp³-hybridized carbons (Fsp3) is 0.250. The summed E-state index contributed by atoms with van der Waals surface area (Å²) in [5.41, 5.74) is 2.46. The van der Waals surface area contributed by atoms with Gasteiger partial charge in [-0.05, 0) is 43.7 Å². The predicted molar refractivity (Wildman–Crippen MR) is 105 cm³/mol. The molecule has 0 atom stereocenters. The van der Waals surface area contributed by atoms with E-state index in [0.717, 1.165) is 11.3 Å². The molecule has 1 N–H and O–H groups in total. The Hall–Kier alpha value is -2.86. The van der Waals surface area contributed by atoms with Gasteiger partial charge < -0.3 is 10.1 Å². The van der Waals surface area contributed by atoms with E-state index < -0.39 is 0 Å². The Kier molecular flexibility index (Phi) is 5.76. The Bertz CT molecular complexity index is 1050. The van der Waals surface area contributed by atoms with E-state index in [1.165, 1.54) is 16.5 Å². The van der Waals surface area contributed by atoms with Gasteiger partial charge >= 0.3 is 0 Å². The number of fused-ring (bicyclic) bond motifs is 1. The zero-order valence-electron chi connectivity index (χ0n) is 15.2. The van der Waals surface area contributed by atoms with Gasteiger partial charge in [-0.2, -0.15) is 0 Å². The first-order valence-corrected chi connectivity index (χ1v) is 8.93. The highest BCUT2D eigenvalue weighted by Gasteiger charge is 2.08. The van der Waals surface area contributed by atoms with Gasteiger partial charge in [-0.1, -0.05) is 29.3 Å². The number of nitrogens with one attached hydrogen (secondary N) is 1. The zero-order valence-corrected chi connectivity index (χ0v) is 15.9. The Labute approximate surface area is 161 Å². The normalized spacial score (nSPS) is 10.8. The number of carbonyl (C=O) groups excluding carboxylic acids is 1. The maximum Gasteiger partial charge on any atom is 0.261 e. The molecule has 1 heterocycles. The number of ether oxygens (including phenoxy) is 1. The number of aromatic nitrogens is 2. The lowest BCUT2D eigenvalue weighted by molar-refractivity contribution is -0.121. The lowest BCUT2D eigenvalue weighted by atomic mass is 10.1. The third-order valence-electron chi connectivity index (χ3n) is 4.11. The number of carbonyl (C=O) groups is 1. The molecule has 0 saturated carbocycles. The van der Waals surface area contributed by atoms with E-state index in [0.29, 0.717) is 29.1 Å². The van der Waals surface area contributed by atoms with E-state index in [2.05, 4.69) is 10.3 Å². The summed E-state index contributed by atoms with van der Waals surface area (Å²) in [5, 5.41) is 3.58. The summed E-state index contributed by atoms with van der Waals surface area (Å²) in [4.78, 5) is 28.8. The van der Waals surface area contributed by atoms with Crippen molar-refractivity contribution in [2.24, 2.45) is 0 Å². The van der Waals surface area contributed by atoms with Crippen LogP contribution in [0.15, 0.2) is 47.5 Å². The van der Waals surface area contributed by atoms with Crippen LogP contribution in [0, 0.1) is 13.8 Å². The van der Waals surface area contributed by atoms with E-state index in [1.807, 2.05) is 32.0 Å². The number of rotatable bonds is 6. The fourth-order valence-electron chi connectivity index (χ4n) is 2.77. The molecule has 0 fully saturated rings. The van der Waals surface area contributed by atoms with Crippen LogP contribution in [0.5, 0.6) is 5.75 Å². The van der Waals surface area contributed by atoms with Crippen LogP contribution in [0.4, 0.5) is 0 Å². The molecule has 0 bridgehead atoms. The topological polar surface area (TPSA) is 73.2 Å². The predicted octanol–water partition coefficient (Wildman–Crippen LogP) is 2.86. The summed E-state index contributed by atoms with van der Waals surface area (Å²) in [6.45, 7) is 4.57. The van der Waals surface area contributed by atoms with Crippen LogP contribution in [0.3, 0.4) is 0 Å². The average molecular weight is 386 g/mol. The third kappa shape index (κ3) is 4.65. The molecular weight excluding hydrogens is 366 g/mol. The molecule has 6 nitrogen and oxygen atoms in total. The second kappa shape index (κ2) is 8.22. The van der Waals surface area contributed by atoms with Crippen molar-refractivity contribution < 1.29 is 9.53 Å². The van der Waals surface area contributed by atoms with Gasteiger partial charge in [0.15, 0.2) is 0 Å². The summed E-state index contributed by atoms with van der Waals surface area (Å²) in [6, 6.07) is 10.8. The number of hydrogen-bond acceptors (Lipinski definition) is 4. The standard InChI is InChI=1S/C20H20ClN3O3/c1-13-3-6-18(14(2)9-13)27-8-7-22-19(25)11-24-12-23-17-5-4-15(21)10-16(17)20(24)26/h3-6,9-10,12H,7-8,11H2,1-2H3,(H,22,25). The lowest BCUT2D eigenvalue weighted by Gasteiger charge is -2.11. The largest absolute Gasteiger partial charge is 0.491 e. The van der Waals surface area contributed by atoms with Crippen molar-refractivity contribution in [3.05, 3.63) is 69.2 Å². The number of nitrogens with zero attached hydrogens (tertiary/aromatic N) is 2. The van der Waals surface area contributed by atoms with Gasteiger partial charge in [0, 0.05) is 5.02 Å². The van der Waals surface area contributed by atoms with Crippen molar-refractivity contribution >= 4 is 28.4 Å². The van der Waals surface area contributed by atoms with Crippen LogP contribution in [-0.4, -0.2) is 28.6 Å². The lowest BCUT2D eigenvalue weighted by Crippen LogP contribution is -2.34. The zero-order chi connectivity index (χ0) is 19.4. The van der Waals surface area contributed by atoms with Crippen molar-refractivity contribution in [3.8, 4) is 5.75 Å². The van der Waals surface area contributed by atoms with Crippen LogP contribution in [-0.2, 0) is 11.3 Å². The van der Waals surface area contributed by atoms with Gasteiger partial charge in [0.05, 0.1) is 23.8 Å². The first kappa shape index (κ1) is 18.9. The SMILES string of the molecule is Cc1ccc(OCCNC(=O)Cn2cnc3ccc(Cl)cc3c2=O)c(C)c1. The van der Waals surface area contributed by atoms with E-state index in [1.54, 1.807) is 18.2 Å². The van der Waals surface area contributed by atoms with Gasteiger partial charge in [-0.15, -0.1) is 0 Å². The van der Waals surface area contributed by atoms with E-state index >= 15 is 0 Å². The van der Waals surface area contributed by atoms with Crippen LogP contribution in [0.1, 0.15) is 11.1 Å². The smallest absolute Gasteiger partial charge is 0.261 e.